The molecular weight excluding hydrogens is 332 g/mol. The fourth-order valence-corrected chi connectivity index (χ4v) is 4.21. The molecule has 0 aromatic carbocycles. The van der Waals surface area contributed by atoms with Gasteiger partial charge >= 0.3 is 0 Å². The van der Waals surface area contributed by atoms with Crippen molar-refractivity contribution in [3.63, 3.8) is 0 Å². The van der Waals surface area contributed by atoms with Gasteiger partial charge in [-0.25, -0.2) is 0 Å². The molecule has 1 atom stereocenters. The van der Waals surface area contributed by atoms with Crippen molar-refractivity contribution < 1.29 is 19.1 Å². The average molecular weight is 354 g/mol. The molecule has 2 saturated heterocycles. The molecule has 24 heavy (non-hydrogen) atoms. The summed E-state index contributed by atoms with van der Waals surface area (Å²) < 4.78 is 5.25. The summed E-state index contributed by atoms with van der Waals surface area (Å²) in [7, 11) is 0. The number of carbonyl (C=O) groups is 2. The molecule has 0 unspecified atom stereocenters. The minimum Gasteiger partial charge on any atom is -0.416 e. The predicted molar refractivity (Wildman–Crippen MR) is 86.3 cm³/mol. The highest BCUT2D eigenvalue weighted by molar-refractivity contribution is 7.99. The number of aromatic nitrogens is 2. The number of hydrogen-bond donors (Lipinski definition) is 1. The zero-order valence-corrected chi connectivity index (χ0v) is 14.5. The topological polar surface area (TPSA) is 99.8 Å². The van der Waals surface area contributed by atoms with E-state index in [2.05, 4.69) is 10.2 Å². The van der Waals surface area contributed by atoms with Crippen molar-refractivity contribution in [2.24, 2.45) is 5.41 Å². The molecule has 0 saturated carbocycles. The number of thioether (sulfide) groups is 1. The molecule has 1 N–H and O–H groups in total. The molecular formula is C15H22N4O4S. The number of nitrogens with zero attached hydrogens (tertiary/aromatic N) is 4. The average Bonchev–Trinajstić information content (AvgIpc) is 3.17. The molecule has 9 heteroatoms. The summed E-state index contributed by atoms with van der Waals surface area (Å²) >= 11 is 1.22. The summed E-state index contributed by atoms with van der Waals surface area (Å²) in [6, 6.07) is 0. The van der Waals surface area contributed by atoms with Crippen LogP contribution in [0.4, 0.5) is 0 Å². The van der Waals surface area contributed by atoms with Crippen LogP contribution >= 0.6 is 11.8 Å². The summed E-state index contributed by atoms with van der Waals surface area (Å²) in [4.78, 5) is 28.6. The molecule has 2 amide bonds. The maximum absolute atomic E-state index is 12.7. The van der Waals surface area contributed by atoms with E-state index < -0.39 is 5.41 Å². The van der Waals surface area contributed by atoms with Gasteiger partial charge in [-0.05, 0) is 19.3 Å². The SMILES string of the molecule is Cc1nnc(SCC(=O)N2CC[C@]3(CCCN(CCO)C3=O)C2)o1. The molecule has 1 spiro atoms. The first-order chi connectivity index (χ1) is 11.5. The second-order valence-electron chi connectivity index (χ2n) is 6.34. The Balaban J connectivity index is 1.57. The normalized spacial score (nSPS) is 24.2. The molecule has 2 aliphatic rings. The van der Waals surface area contributed by atoms with Crippen LogP contribution in [0.15, 0.2) is 9.64 Å². The van der Waals surface area contributed by atoms with Crippen LogP contribution in [0.5, 0.6) is 0 Å². The Hall–Kier alpha value is -1.61. The lowest BCUT2D eigenvalue weighted by atomic mass is 9.78. The number of hydrogen-bond acceptors (Lipinski definition) is 7. The second kappa shape index (κ2) is 7.10. The molecule has 3 rings (SSSR count). The van der Waals surface area contributed by atoms with E-state index in [4.69, 9.17) is 9.52 Å². The van der Waals surface area contributed by atoms with Crippen LogP contribution in [0.3, 0.4) is 0 Å². The quantitative estimate of drug-likeness (QED) is 0.759. The van der Waals surface area contributed by atoms with Crippen molar-refractivity contribution in [3.8, 4) is 0 Å². The van der Waals surface area contributed by atoms with Crippen molar-refractivity contribution in [2.75, 3.05) is 38.5 Å². The Morgan fingerprint density at radius 3 is 2.92 bits per heavy atom. The minimum atomic E-state index is -0.463. The van der Waals surface area contributed by atoms with Gasteiger partial charge in [-0.2, -0.15) is 0 Å². The van der Waals surface area contributed by atoms with Crippen molar-refractivity contribution in [2.45, 2.75) is 31.4 Å². The van der Waals surface area contributed by atoms with Crippen LogP contribution in [-0.4, -0.2) is 75.5 Å². The van der Waals surface area contributed by atoms with E-state index in [0.29, 0.717) is 43.7 Å². The van der Waals surface area contributed by atoms with Gasteiger partial charge in [0.1, 0.15) is 0 Å². The smallest absolute Gasteiger partial charge is 0.277 e. The number of amides is 2. The van der Waals surface area contributed by atoms with Crippen LogP contribution < -0.4 is 0 Å². The molecule has 0 aliphatic carbocycles. The Morgan fingerprint density at radius 2 is 2.21 bits per heavy atom. The standard InChI is InChI=1S/C15H22N4O4S/c1-11-16-17-14(23-11)24-9-12(21)19-6-4-15(10-19)3-2-5-18(7-8-20)13(15)22/h20H,2-10H2,1H3/t15-/m1/s1. The Labute approximate surface area is 144 Å². The summed E-state index contributed by atoms with van der Waals surface area (Å²) in [5, 5.41) is 17.1. The predicted octanol–water partition coefficient (Wildman–Crippen LogP) is 0.304. The van der Waals surface area contributed by atoms with Gasteiger partial charge < -0.3 is 19.3 Å². The van der Waals surface area contributed by atoms with Gasteiger partial charge in [-0.3, -0.25) is 9.59 Å². The highest BCUT2D eigenvalue weighted by atomic mass is 32.2. The van der Waals surface area contributed by atoms with Gasteiger partial charge in [-0.1, -0.05) is 11.8 Å². The van der Waals surface area contributed by atoms with E-state index in [1.165, 1.54) is 11.8 Å². The third kappa shape index (κ3) is 3.41. The van der Waals surface area contributed by atoms with Crippen molar-refractivity contribution in [1.29, 1.82) is 0 Å². The maximum atomic E-state index is 12.7. The maximum Gasteiger partial charge on any atom is 0.277 e. The Bertz CT molecular complexity index is 620. The monoisotopic (exact) mass is 354 g/mol. The number of piperidine rings is 1. The highest BCUT2D eigenvalue weighted by Gasteiger charge is 2.49. The lowest BCUT2D eigenvalue weighted by molar-refractivity contribution is -0.146. The summed E-state index contributed by atoms with van der Waals surface area (Å²) in [5.74, 6) is 0.770. The van der Waals surface area contributed by atoms with Gasteiger partial charge in [0.15, 0.2) is 0 Å². The first-order valence-electron chi connectivity index (χ1n) is 8.15. The summed E-state index contributed by atoms with van der Waals surface area (Å²) in [6.07, 6.45) is 2.43. The molecule has 8 nitrogen and oxygen atoms in total. The minimum absolute atomic E-state index is 0.0141. The second-order valence-corrected chi connectivity index (χ2v) is 7.27. The van der Waals surface area contributed by atoms with E-state index in [-0.39, 0.29) is 24.2 Å². The number of carbonyl (C=O) groups excluding carboxylic acids is 2. The largest absolute Gasteiger partial charge is 0.416 e. The Morgan fingerprint density at radius 1 is 1.38 bits per heavy atom. The van der Waals surface area contributed by atoms with E-state index in [0.717, 1.165) is 12.8 Å². The molecule has 1 aromatic heterocycles. The van der Waals surface area contributed by atoms with Crippen LogP contribution in [-0.2, 0) is 9.59 Å². The van der Waals surface area contributed by atoms with Crippen molar-refractivity contribution in [1.82, 2.24) is 20.0 Å². The number of rotatable bonds is 5. The van der Waals surface area contributed by atoms with Crippen LogP contribution in [0.2, 0.25) is 0 Å². The van der Waals surface area contributed by atoms with Gasteiger partial charge in [-0.15, -0.1) is 10.2 Å². The molecule has 3 heterocycles. The van der Waals surface area contributed by atoms with Crippen molar-refractivity contribution >= 4 is 23.6 Å². The highest BCUT2D eigenvalue weighted by Crippen LogP contribution is 2.40. The number of aliphatic hydroxyl groups is 1. The Kier molecular flexibility index (Phi) is 5.09. The summed E-state index contributed by atoms with van der Waals surface area (Å²) in [5.41, 5.74) is -0.463. The van der Waals surface area contributed by atoms with E-state index in [9.17, 15) is 9.59 Å². The van der Waals surface area contributed by atoms with Gasteiger partial charge in [0.05, 0.1) is 17.8 Å². The number of aliphatic hydroxyl groups excluding tert-OH is 1. The lowest BCUT2D eigenvalue weighted by Gasteiger charge is -2.39. The van der Waals surface area contributed by atoms with E-state index in [1.54, 1.807) is 16.7 Å². The van der Waals surface area contributed by atoms with E-state index >= 15 is 0 Å². The lowest BCUT2D eigenvalue weighted by Crippen LogP contribution is -2.51. The number of likely N-dealkylation sites (tertiary alicyclic amines) is 2. The molecule has 132 valence electrons. The van der Waals surface area contributed by atoms with Gasteiger partial charge in [0.25, 0.3) is 5.22 Å². The van der Waals surface area contributed by atoms with Crippen LogP contribution in [0.25, 0.3) is 0 Å². The van der Waals surface area contributed by atoms with Crippen LogP contribution in [0.1, 0.15) is 25.2 Å². The fraction of sp³-hybridized carbons (Fsp3) is 0.733. The third-order valence-corrected chi connectivity index (χ3v) is 5.53. The van der Waals surface area contributed by atoms with Crippen molar-refractivity contribution in [3.05, 3.63) is 5.89 Å². The molecule has 0 bridgehead atoms. The first-order valence-corrected chi connectivity index (χ1v) is 9.13. The van der Waals surface area contributed by atoms with Gasteiger partial charge in [0.2, 0.25) is 17.7 Å². The molecule has 2 aliphatic heterocycles. The zero-order chi connectivity index (χ0) is 17.2. The zero-order valence-electron chi connectivity index (χ0n) is 13.7. The third-order valence-electron chi connectivity index (χ3n) is 4.73. The van der Waals surface area contributed by atoms with Gasteiger partial charge in [0, 0.05) is 33.1 Å². The summed E-state index contributed by atoms with van der Waals surface area (Å²) in [6.45, 7) is 3.82. The number of aryl methyl sites for hydroxylation is 1. The van der Waals surface area contributed by atoms with Crippen LogP contribution in [0, 0.1) is 12.3 Å². The molecule has 1 aromatic rings. The first kappa shape index (κ1) is 17.2. The fourth-order valence-electron chi connectivity index (χ4n) is 3.50. The van der Waals surface area contributed by atoms with E-state index in [1.807, 2.05) is 0 Å². The molecule has 0 radical (unpaired) electrons. The molecule has 2 fully saturated rings. The number of β-amino-alcohol motifs (C(OH)–C–C–N with tert-alkyl or cyclic N) is 1.